The summed E-state index contributed by atoms with van der Waals surface area (Å²) in [5.74, 6) is 1.08. The maximum absolute atomic E-state index is 9.92. The fourth-order valence-corrected chi connectivity index (χ4v) is 4.26. The normalized spacial score (nSPS) is 17.1. The highest BCUT2D eigenvalue weighted by Crippen LogP contribution is 2.30. The van der Waals surface area contributed by atoms with Gasteiger partial charge in [0, 0.05) is 32.7 Å². The molecular weight excluding hydrogens is 398 g/mol. The van der Waals surface area contributed by atoms with Crippen molar-refractivity contribution < 1.29 is 9.47 Å². The van der Waals surface area contributed by atoms with Crippen LogP contribution in [0.4, 0.5) is 5.82 Å². The predicted octanol–water partition coefficient (Wildman–Crippen LogP) is 2.39. The Balaban J connectivity index is 1.52. The maximum atomic E-state index is 9.92. The van der Waals surface area contributed by atoms with E-state index in [2.05, 4.69) is 45.1 Å². The zero-order valence-corrected chi connectivity index (χ0v) is 18.2. The molecule has 0 spiro atoms. The van der Waals surface area contributed by atoms with Gasteiger partial charge in [-0.1, -0.05) is 36.0 Å². The zero-order valence-electron chi connectivity index (χ0n) is 17.3. The molecule has 1 aromatic heterocycles. The molecule has 7 nitrogen and oxygen atoms in total. The number of morpholine rings is 1. The molecule has 2 aromatic rings. The molecule has 0 atom stereocenters. The molecular formula is C22H27N5O2S. The first-order chi connectivity index (χ1) is 14.8. The second kappa shape index (κ2) is 10.1. The average Bonchev–Trinajstić information content (AvgIpc) is 3.02. The molecule has 0 bridgehead atoms. The summed E-state index contributed by atoms with van der Waals surface area (Å²) in [6.07, 6.45) is 3.82. The van der Waals surface area contributed by atoms with Crippen LogP contribution >= 0.6 is 11.8 Å². The smallest absolute Gasteiger partial charge is 0.238 e. The van der Waals surface area contributed by atoms with Crippen LogP contribution in [0.5, 0.6) is 5.88 Å². The summed E-state index contributed by atoms with van der Waals surface area (Å²) in [4.78, 5) is 13.7. The molecule has 30 heavy (non-hydrogen) atoms. The lowest BCUT2D eigenvalue weighted by Gasteiger charge is -2.26. The fraction of sp³-hybridized carbons (Fsp3) is 0.500. The van der Waals surface area contributed by atoms with Gasteiger partial charge in [-0.15, -0.1) is 0 Å². The second-order valence-corrected chi connectivity index (χ2v) is 8.16. The van der Waals surface area contributed by atoms with E-state index in [1.54, 1.807) is 0 Å². The Labute approximate surface area is 182 Å². The van der Waals surface area contributed by atoms with E-state index < -0.39 is 0 Å². The molecule has 1 saturated heterocycles. The third-order valence-electron chi connectivity index (χ3n) is 5.60. The van der Waals surface area contributed by atoms with E-state index in [4.69, 9.17) is 14.5 Å². The molecule has 0 aliphatic carbocycles. The van der Waals surface area contributed by atoms with Gasteiger partial charge in [-0.25, -0.2) is 4.98 Å². The van der Waals surface area contributed by atoms with Crippen molar-refractivity contribution in [2.75, 3.05) is 63.7 Å². The first kappa shape index (κ1) is 20.9. The molecule has 1 aromatic carbocycles. The van der Waals surface area contributed by atoms with Crippen molar-refractivity contribution in [3.8, 4) is 11.9 Å². The van der Waals surface area contributed by atoms with Crippen LogP contribution in [0.1, 0.15) is 16.7 Å². The molecule has 0 unspecified atom stereocenters. The molecule has 2 aliphatic rings. The minimum absolute atomic E-state index is 0.391. The molecule has 0 amide bonds. The summed E-state index contributed by atoms with van der Waals surface area (Å²) in [6.45, 7) is 6.27. The molecule has 2 aliphatic heterocycles. The number of fused-ring (bicyclic) bond motifs is 1. The van der Waals surface area contributed by atoms with Gasteiger partial charge < -0.3 is 14.4 Å². The van der Waals surface area contributed by atoms with Crippen LogP contribution in [0.3, 0.4) is 0 Å². The molecule has 8 heteroatoms. The first-order valence-electron chi connectivity index (χ1n) is 10.4. The summed E-state index contributed by atoms with van der Waals surface area (Å²) >= 11 is 1.47. The molecule has 158 valence electrons. The number of hydrogen-bond acceptors (Lipinski definition) is 8. The van der Waals surface area contributed by atoms with Gasteiger partial charge in [0.2, 0.25) is 5.88 Å². The van der Waals surface area contributed by atoms with Gasteiger partial charge >= 0.3 is 0 Å². The maximum Gasteiger partial charge on any atom is 0.238 e. The van der Waals surface area contributed by atoms with E-state index in [1.165, 1.54) is 22.9 Å². The third kappa shape index (κ3) is 4.86. The average molecular weight is 426 g/mol. The number of ether oxygens (including phenoxy) is 2. The van der Waals surface area contributed by atoms with Crippen molar-refractivity contribution in [3.63, 3.8) is 0 Å². The lowest BCUT2D eigenvalue weighted by atomic mass is 10.0. The molecule has 0 N–H and O–H groups in total. The van der Waals surface area contributed by atoms with Gasteiger partial charge in [0.15, 0.2) is 16.5 Å². The second-order valence-electron chi connectivity index (χ2n) is 7.38. The van der Waals surface area contributed by atoms with Crippen LogP contribution < -0.4 is 9.64 Å². The summed E-state index contributed by atoms with van der Waals surface area (Å²) in [5.41, 5.74) is 3.18. The lowest BCUT2D eigenvalue weighted by molar-refractivity contribution is 0.0319. The largest absolute Gasteiger partial charge is 0.475 e. The fourth-order valence-electron chi connectivity index (χ4n) is 3.91. The van der Waals surface area contributed by atoms with Crippen LogP contribution in [0.25, 0.3) is 0 Å². The molecule has 4 rings (SSSR count). The minimum atomic E-state index is 0.391. The van der Waals surface area contributed by atoms with Crippen LogP contribution in [0.2, 0.25) is 0 Å². The number of aromatic nitrogens is 2. The minimum Gasteiger partial charge on any atom is -0.475 e. The van der Waals surface area contributed by atoms with Crippen molar-refractivity contribution in [2.45, 2.75) is 18.0 Å². The van der Waals surface area contributed by atoms with E-state index >= 15 is 0 Å². The third-order valence-corrected chi connectivity index (χ3v) is 6.15. The monoisotopic (exact) mass is 425 g/mol. The van der Waals surface area contributed by atoms with Gasteiger partial charge in [0.25, 0.3) is 0 Å². The van der Waals surface area contributed by atoms with E-state index in [9.17, 15) is 5.26 Å². The molecule has 3 heterocycles. The van der Waals surface area contributed by atoms with E-state index in [-0.39, 0.29) is 0 Å². The van der Waals surface area contributed by atoms with Crippen LogP contribution in [0.15, 0.2) is 29.4 Å². The number of benzene rings is 1. The Bertz CT molecular complexity index is 884. The Morgan fingerprint density at radius 1 is 1.10 bits per heavy atom. The standard InChI is InChI=1S/C22H27N5O2S/c1-30-22-24-20(27-8-6-17-4-2-3-5-18(17)7-9-27)19(16-23)21(25-22)29-15-12-26-10-13-28-14-11-26/h2-5H,6-15H2,1H3. The SMILES string of the molecule is CSc1nc(OCCN2CCOCC2)c(C#N)c(N2CCc3ccccc3CC2)n1. The quantitative estimate of drug-likeness (QED) is 0.516. The van der Waals surface area contributed by atoms with Crippen molar-refractivity contribution in [1.29, 1.82) is 5.26 Å². The van der Waals surface area contributed by atoms with E-state index in [0.29, 0.717) is 29.0 Å². The highest BCUT2D eigenvalue weighted by Gasteiger charge is 2.23. The number of anilines is 1. The Hall–Kier alpha value is -2.34. The lowest BCUT2D eigenvalue weighted by Crippen LogP contribution is -2.38. The highest BCUT2D eigenvalue weighted by atomic mass is 32.2. The predicted molar refractivity (Wildman–Crippen MR) is 117 cm³/mol. The molecule has 1 fully saturated rings. The first-order valence-corrected chi connectivity index (χ1v) is 11.6. The van der Waals surface area contributed by atoms with E-state index in [1.807, 2.05) is 6.26 Å². The Morgan fingerprint density at radius 2 is 1.80 bits per heavy atom. The van der Waals surface area contributed by atoms with Crippen molar-refractivity contribution in [2.24, 2.45) is 0 Å². The number of hydrogen-bond donors (Lipinski definition) is 0. The topological polar surface area (TPSA) is 74.5 Å². The Morgan fingerprint density at radius 3 is 2.43 bits per heavy atom. The van der Waals surface area contributed by atoms with Crippen LogP contribution in [0, 0.1) is 11.3 Å². The summed E-state index contributed by atoms with van der Waals surface area (Å²) in [6, 6.07) is 10.9. The summed E-state index contributed by atoms with van der Waals surface area (Å²) in [7, 11) is 0. The van der Waals surface area contributed by atoms with Gasteiger partial charge in [0.05, 0.1) is 13.2 Å². The Kier molecular flexibility index (Phi) is 7.05. The van der Waals surface area contributed by atoms with E-state index in [0.717, 1.165) is 58.8 Å². The van der Waals surface area contributed by atoms with Gasteiger partial charge in [0.1, 0.15) is 12.7 Å². The van der Waals surface area contributed by atoms with Crippen LogP contribution in [-0.4, -0.2) is 73.7 Å². The zero-order chi connectivity index (χ0) is 20.8. The van der Waals surface area contributed by atoms with Crippen LogP contribution in [-0.2, 0) is 17.6 Å². The van der Waals surface area contributed by atoms with Crippen molar-refractivity contribution in [1.82, 2.24) is 14.9 Å². The highest BCUT2D eigenvalue weighted by molar-refractivity contribution is 7.98. The van der Waals surface area contributed by atoms with Crippen molar-refractivity contribution >= 4 is 17.6 Å². The van der Waals surface area contributed by atoms with Gasteiger partial charge in [-0.3, -0.25) is 4.90 Å². The summed E-state index contributed by atoms with van der Waals surface area (Å²) < 4.78 is 11.4. The van der Waals surface area contributed by atoms with Gasteiger partial charge in [-0.2, -0.15) is 10.2 Å². The number of nitriles is 1. The number of nitrogens with zero attached hydrogens (tertiary/aromatic N) is 5. The summed E-state index contributed by atoms with van der Waals surface area (Å²) in [5, 5.41) is 10.5. The number of thioether (sulfide) groups is 1. The molecule has 0 saturated carbocycles. The van der Waals surface area contributed by atoms with Gasteiger partial charge in [-0.05, 0) is 30.2 Å². The van der Waals surface area contributed by atoms with Crippen molar-refractivity contribution in [3.05, 3.63) is 41.0 Å². The molecule has 0 radical (unpaired) electrons. The number of rotatable bonds is 6.